The Kier molecular flexibility index (Phi) is 2.81. The molecule has 0 radical (unpaired) electrons. The van der Waals surface area contributed by atoms with Gasteiger partial charge in [-0.2, -0.15) is 0 Å². The second-order valence-electron chi connectivity index (χ2n) is 5.07. The van der Waals surface area contributed by atoms with Crippen LogP contribution in [0.5, 0.6) is 0 Å². The molecule has 2 N–H and O–H groups in total. The van der Waals surface area contributed by atoms with Crippen molar-refractivity contribution < 1.29 is 9.90 Å². The lowest BCUT2D eigenvalue weighted by Crippen LogP contribution is -2.09. The summed E-state index contributed by atoms with van der Waals surface area (Å²) in [6, 6.07) is 5.58. The Balaban J connectivity index is 2.01. The molecule has 1 unspecified atom stereocenters. The summed E-state index contributed by atoms with van der Waals surface area (Å²) < 4.78 is 0. The number of benzene rings is 1. The van der Waals surface area contributed by atoms with Crippen molar-refractivity contribution in [3.05, 3.63) is 40.3 Å². The van der Waals surface area contributed by atoms with E-state index in [1.54, 1.807) is 6.07 Å². The molecule has 1 aromatic carbocycles. The Hall–Kier alpha value is -2.17. The number of nitrogens with one attached hydrogen (secondary N) is 1. The van der Waals surface area contributed by atoms with Crippen LogP contribution in [-0.4, -0.2) is 21.0 Å². The molecular weight excluding hydrogens is 244 g/mol. The van der Waals surface area contributed by atoms with Gasteiger partial charge >= 0.3 is 5.97 Å². The molecule has 98 valence electrons. The minimum absolute atomic E-state index is 0.0515. The fraction of sp³-hybridized carbons (Fsp3) is 0.357. The summed E-state index contributed by atoms with van der Waals surface area (Å²) in [6.07, 6.45) is 3.58. The first-order chi connectivity index (χ1) is 9.13. The highest BCUT2D eigenvalue weighted by molar-refractivity contribution is 5.75. The molecule has 1 saturated carbocycles. The number of aromatic amines is 1. The van der Waals surface area contributed by atoms with Crippen molar-refractivity contribution in [1.29, 1.82) is 0 Å². The van der Waals surface area contributed by atoms with Gasteiger partial charge < -0.3 is 10.1 Å². The highest BCUT2D eigenvalue weighted by atomic mass is 16.4. The summed E-state index contributed by atoms with van der Waals surface area (Å²) in [7, 11) is 0. The molecule has 2 aromatic rings. The topological polar surface area (TPSA) is 83.0 Å². The Morgan fingerprint density at radius 3 is 2.95 bits per heavy atom. The van der Waals surface area contributed by atoms with Crippen LogP contribution in [0.1, 0.15) is 30.7 Å². The smallest absolute Gasteiger partial charge is 0.303 e. The Morgan fingerprint density at radius 1 is 1.47 bits per heavy atom. The van der Waals surface area contributed by atoms with Crippen molar-refractivity contribution in [3.8, 4) is 0 Å². The molecular formula is C14H14N2O3. The van der Waals surface area contributed by atoms with Crippen LogP contribution in [-0.2, 0) is 4.79 Å². The van der Waals surface area contributed by atoms with Gasteiger partial charge in [-0.05, 0) is 42.4 Å². The molecule has 3 rings (SSSR count). The lowest BCUT2D eigenvalue weighted by atomic mass is 9.91. The maximum absolute atomic E-state index is 11.2. The second-order valence-corrected chi connectivity index (χ2v) is 5.07. The van der Waals surface area contributed by atoms with Crippen LogP contribution < -0.4 is 5.56 Å². The van der Waals surface area contributed by atoms with E-state index in [0.29, 0.717) is 17.0 Å². The number of carboxylic acids is 1. The van der Waals surface area contributed by atoms with Crippen molar-refractivity contribution >= 4 is 17.0 Å². The molecule has 1 atom stereocenters. The van der Waals surface area contributed by atoms with Crippen LogP contribution >= 0.6 is 0 Å². The third-order valence-corrected chi connectivity index (χ3v) is 3.61. The molecule has 0 spiro atoms. The van der Waals surface area contributed by atoms with Crippen LogP contribution in [0.4, 0.5) is 0 Å². The van der Waals surface area contributed by atoms with E-state index in [1.807, 2.05) is 12.1 Å². The fourth-order valence-corrected chi connectivity index (χ4v) is 2.53. The zero-order valence-electron chi connectivity index (χ0n) is 10.3. The number of nitrogens with zero attached hydrogens (tertiary/aromatic N) is 1. The quantitative estimate of drug-likeness (QED) is 0.877. The van der Waals surface area contributed by atoms with E-state index >= 15 is 0 Å². The number of hydrogen-bond donors (Lipinski definition) is 2. The summed E-state index contributed by atoms with van der Waals surface area (Å²) in [4.78, 5) is 28.9. The van der Waals surface area contributed by atoms with Crippen molar-refractivity contribution in [2.24, 2.45) is 5.92 Å². The van der Waals surface area contributed by atoms with Crippen molar-refractivity contribution in [2.75, 3.05) is 0 Å². The van der Waals surface area contributed by atoms with E-state index in [9.17, 15) is 9.59 Å². The Bertz CT molecular complexity index is 688. The molecule has 0 aliphatic heterocycles. The number of aromatic nitrogens is 2. The number of rotatable bonds is 4. The van der Waals surface area contributed by atoms with E-state index in [2.05, 4.69) is 9.97 Å². The fourth-order valence-electron chi connectivity index (χ4n) is 2.53. The molecule has 0 bridgehead atoms. The van der Waals surface area contributed by atoms with Gasteiger partial charge in [-0.3, -0.25) is 9.59 Å². The van der Waals surface area contributed by atoms with Gasteiger partial charge in [-0.15, -0.1) is 0 Å². The standard InChI is InChI=1S/C14H14N2O3/c17-13-7-15-12-5-9(3-4-11(12)16-13)10(6-14(18)19)8-1-2-8/h3-5,7-8,10H,1-2,6H2,(H,16,17)(H,18,19). The van der Waals surface area contributed by atoms with Crippen molar-refractivity contribution in [2.45, 2.75) is 25.2 Å². The van der Waals surface area contributed by atoms with Crippen molar-refractivity contribution in [1.82, 2.24) is 9.97 Å². The van der Waals surface area contributed by atoms with Crippen LogP contribution in [0.2, 0.25) is 0 Å². The van der Waals surface area contributed by atoms with Crippen LogP contribution in [0.25, 0.3) is 11.0 Å². The van der Waals surface area contributed by atoms with Gasteiger partial charge in [0.25, 0.3) is 5.56 Å². The SMILES string of the molecule is O=C(O)CC(c1ccc2[nH]c(=O)cnc2c1)C1CC1. The molecule has 1 fully saturated rings. The molecule has 5 nitrogen and oxygen atoms in total. The molecule has 1 aliphatic carbocycles. The zero-order chi connectivity index (χ0) is 13.4. The van der Waals surface area contributed by atoms with E-state index < -0.39 is 5.97 Å². The van der Waals surface area contributed by atoms with Gasteiger partial charge in [0.2, 0.25) is 0 Å². The van der Waals surface area contributed by atoms with Crippen molar-refractivity contribution in [3.63, 3.8) is 0 Å². The predicted octanol–water partition coefficient (Wildman–Crippen LogP) is 1.89. The number of hydrogen-bond acceptors (Lipinski definition) is 3. The highest BCUT2D eigenvalue weighted by Gasteiger charge is 2.33. The molecule has 0 saturated heterocycles. The summed E-state index contributed by atoms with van der Waals surface area (Å²) >= 11 is 0. The first-order valence-corrected chi connectivity index (χ1v) is 6.34. The minimum Gasteiger partial charge on any atom is -0.481 e. The van der Waals surface area contributed by atoms with E-state index in [0.717, 1.165) is 18.4 Å². The normalized spacial score (nSPS) is 16.4. The van der Waals surface area contributed by atoms with Crippen LogP contribution in [0.3, 0.4) is 0 Å². The number of carbonyl (C=O) groups is 1. The Labute approximate surface area is 109 Å². The van der Waals surface area contributed by atoms with Crippen LogP contribution in [0, 0.1) is 5.92 Å². The number of fused-ring (bicyclic) bond motifs is 1. The Morgan fingerprint density at radius 2 is 2.26 bits per heavy atom. The molecule has 0 amide bonds. The average molecular weight is 258 g/mol. The lowest BCUT2D eigenvalue weighted by Gasteiger charge is -2.14. The van der Waals surface area contributed by atoms with Gasteiger partial charge in [0, 0.05) is 0 Å². The maximum Gasteiger partial charge on any atom is 0.303 e. The monoisotopic (exact) mass is 258 g/mol. The number of carboxylic acid groups (broad SMARTS) is 1. The number of aliphatic carboxylic acids is 1. The third kappa shape index (κ3) is 2.50. The number of H-pyrrole nitrogens is 1. The summed E-state index contributed by atoms with van der Waals surface area (Å²) in [5.74, 6) is -0.252. The summed E-state index contributed by atoms with van der Waals surface area (Å²) in [6.45, 7) is 0. The van der Waals surface area contributed by atoms with Gasteiger partial charge in [-0.1, -0.05) is 6.07 Å². The lowest BCUT2D eigenvalue weighted by molar-refractivity contribution is -0.137. The van der Waals surface area contributed by atoms with Gasteiger partial charge in [-0.25, -0.2) is 4.98 Å². The van der Waals surface area contributed by atoms with E-state index in [4.69, 9.17) is 5.11 Å². The molecule has 1 heterocycles. The molecule has 5 heteroatoms. The second kappa shape index (κ2) is 4.50. The highest BCUT2D eigenvalue weighted by Crippen LogP contribution is 2.44. The van der Waals surface area contributed by atoms with E-state index in [-0.39, 0.29) is 17.9 Å². The zero-order valence-corrected chi connectivity index (χ0v) is 10.3. The molecule has 1 aromatic heterocycles. The van der Waals surface area contributed by atoms with Gasteiger partial charge in [0.05, 0.1) is 23.7 Å². The maximum atomic E-state index is 11.2. The average Bonchev–Trinajstić information content (AvgIpc) is 3.19. The third-order valence-electron chi connectivity index (χ3n) is 3.61. The summed E-state index contributed by atoms with van der Waals surface area (Å²) in [5, 5.41) is 9.01. The predicted molar refractivity (Wildman–Crippen MR) is 70.1 cm³/mol. The minimum atomic E-state index is -0.772. The van der Waals surface area contributed by atoms with Gasteiger partial charge in [0.1, 0.15) is 0 Å². The molecule has 19 heavy (non-hydrogen) atoms. The molecule has 1 aliphatic rings. The van der Waals surface area contributed by atoms with E-state index in [1.165, 1.54) is 6.20 Å². The largest absolute Gasteiger partial charge is 0.481 e. The first kappa shape index (κ1) is 11.9. The first-order valence-electron chi connectivity index (χ1n) is 6.34. The summed E-state index contributed by atoms with van der Waals surface area (Å²) in [5.41, 5.74) is 2.15. The van der Waals surface area contributed by atoms with Crippen LogP contribution in [0.15, 0.2) is 29.2 Å². The van der Waals surface area contributed by atoms with Gasteiger partial charge in [0.15, 0.2) is 0 Å².